The molecule has 1 aliphatic rings. The molecule has 2 aromatic rings. The number of benzene rings is 1. The smallest absolute Gasteiger partial charge is 0.229 e. The Bertz CT molecular complexity index is 813. The van der Waals surface area contributed by atoms with Crippen LogP contribution in [0, 0.1) is 0 Å². The number of aromatic nitrogens is 2. The summed E-state index contributed by atoms with van der Waals surface area (Å²) in [5.41, 5.74) is 0.729. The zero-order valence-electron chi connectivity index (χ0n) is 13.4. The van der Waals surface area contributed by atoms with Crippen LogP contribution in [0.3, 0.4) is 0 Å². The SMILES string of the molecule is CN(C(=O)CCS(=O)(=O)Cc1noc(C2CC2)n1)c1ccccc1. The first-order valence-electron chi connectivity index (χ1n) is 7.79. The Labute approximate surface area is 140 Å². The minimum absolute atomic E-state index is 0.0823. The Hall–Kier alpha value is -2.22. The van der Waals surface area contributed by atoms with Crippen molar-refractivity contribution in [1.29, 1.82) is 0 Å². The normalized spacial score (nSPS) is 14.5. The monoisotopic (exact) mass is 349 g/mol. The molecule has 1 aromatic carbocycles. The lowest BCUT2D eigenvalue weighted by molar-refractivity contribution is -0.117. The molecule has 3 rings (SSSR count). The molecule has 8 heteroatoms. The van der Waals surface area contributed by atoms with Crippen molar-refractivity contribution >= 4 is 21.4 Å². The molecule has 7 nitrogen and oxygen atoms in total. The maximum Gasteiger partial charge on any atom is 0.229 e. The van der Waals surface area contributed by atoms with E-state index in [1.165, 1.54) is 4.90 Å². The lowest BCUT2D eigenvalue weighted by atomic mass is 10.3. The number of carbonyl (C=O) groups excluding carboxylic acids is 1. The highest BCUT2D eigenvalue weighted by molar-refractivity contribution is 7.90. The van der Waals surface area contributed by atoms with Crippen LogP contribution >= 0.6 is 0 Å². The summed E-state index contributed by atoms with van der Waals surface area (Å²) in [5.74, 6) is 0.175. The average Bonchev–Trinajstić information content (AvgIpc) is 3.33. The van der Waals surface area contributed by atoms with E-state index in [0.29, 0.717) is 5.89 Å². The van der Waals surface area contributed by atoms with Crippen molar-refractivity contribution in [3.63, 3.8) is 0 Å². The van der Waals surface area contributed by atoms with Crippen LogP contribution in [0.1, 0.15) is 36.9 Å². The number of amides is 1. The van der Waals surface area contributed by atoms with Gasteiger partial charge in [0.15, 0.2) is 15.7 Å². The fraction of sp³-hybridized carbons (Fsp3) is 0.438. The molecule has 1 aromatic heterocycles. The van der Waals surface area contributed by atoms with Gasteiger partial charge in [0.25, 0.3) is 0 Å². The van der Waals surface area contributed by atoms with Crippen molar-refractivity contribution in [1.82, 2.24) is 10.1 Å². The fourth-order valence-electron chi connectivity index (χ4n) is 2.30. The number of carbonyl (C=O) groups is 1. The zero-order chi connectivity index (χ0) is 17.2. The van der Waals surface area contributed by atoms with Gasteiger partial charge >= 0.3 is 0 Å². The summed E-state index contributed by atoms with van der Waals surface area (Å²) in [4.78, 5) is 17.7. The highest BCUT2D eigenvalue weighted by Crippen LogP contribution is 2.38. The number of anilines is 1. The predicted octanol–water partition coefficient (Wildman–Crippen LogP) is 1.91. The third-order valence-corrected chi connectivity index (χ3v) is 5.43. The van der Waals surface area contributed by atoms with Crippen LogP contribution in [0.15, 0.2) is 34.9 Å². The topological polar surface area (TPSA) is 93.4 Å². The van der Waals surface area contributed by atoms with Gasteiger partial charge in [0.05, 0.1) is 5.75 Å². The van der Waals surface area contributed by atoms with E-state index < -0.39 is 9.84 Å². The molecular formula is C16H19N3O4S. The van der Waals surface area contributed by atoms with Gasteiger partial charge in [-0.25, -0.2) is 8.42 Å². The van der Waals surface area contributed by atoms with E-state index in [1.54, 1.807) is 19.2 Å². The van der Waals surface area contributed by atoms with Gasteiger partial charge in [0.1, 0.15) is 5.75 Å². The lowest BCUT2D eigenvalue weighted by Crippen LogP contribution is -2.28. The summed E-state index contributed by atoms with van der Waals surface area (Å²) >= 11 is 0. The molecule has 128 valence electrons. The molecule has 1 saturated carbocycles. The fourth-order valence-corrected chi connectivity index (χ4v) is 3.44. The Morgan fingerprint density at radius 1 is 1.29 bits per heavy atom. The maximum absolute atomic E-state index is 12.2. The molecule has 0 unspecified atom stereocenters. The number of nitrogens with zero attached hydrogens (tertiary/aromatic N) is 3. The molecule has 0 radical (unpaired) electrons. The van der Waals surface area contributed by atoms with Crippen LogP contribution in [-0.4, -0.2) is 37.3 Å². The second-order valence-electron chi connectivity index (χ2n) is 5.95. The predicted molar refractivity (Wildman–Crippen MR) is 88.2 cm³/mol. The second-order valence-corrected chi connectivity index (χ2v) is 8.14. The Balaban J connectivity index is 1.55. The standard InChI is InChI=1S/C16H19N3O4S/c1-19(13-5-3-2-4-6-13)15(20)9-10-24(21,22)11-14-17-16(23-18-14)12-7-8-12/h2-6,12H,7-11H2,1H3. The van der Waals surface area contributed by atoms with Crippen LogP contribution in [0.4, 0.5) is 5.69 Å². The van der Waals surface area contributed by atoms with Crippen LogP contribution in [0.25, 0.3) is 0 Å². The number of hydrogen-bond donors (Lipinski definition) is 0. The highest BCUT2D eigenvalue weighted by Gasteiger charge is 2.30. The molecule has 1 heterocycles. The van der Waals surface area contributed by atoms with E-state index >= 15 is 0 Å². The third kappa shape index (κ3) is 4.19. The van der Waals surface area contributed by atoms with Gasteiger partial charge in [-0.05, 0) is 25.0 Å². The molecule has 0 bridgehead atoms. The zero-order valence-corrected chi connectivity index (χ0v) is 14.2. The quantitative estimate of drug-likeness (QED) is 0.758. The van der Waals surface area contributed by atoms with Crippen LogP contribution < -0.4 is 4.90 Å². The molecule has 0 saturated heterocycles. The van der Waals surface area contributed by atoms with E-state index in [-0.39, 0.29) is 35.6 Å². The first kappa shape index (κ1) is 16.6. The first-order chi connectivity index (χ1) is 11.4. The minimum atomic E-state index is -3.47. The molecule has 1 aliphatic carbocycles. The van der Waals surface area contributed by atoms with Crippen molar-refractivity contribution in [2.24, 2.45) is 0 Å². The van der Waals surface area contributed by atoms with Crippen molar-refractivity contribution < 1.29 is 17.7 Å². The number of sulfone groups is 1. The van der Waals surface area contributed by atoms with Gasteiger partial charge in [-0.2, -0.15) is 4.98 Å². The number of para-hydroxylation sites is 1. The van der Waals surface area contributed by atoms with Crippen molar-refractivity contribution in [2.75, 3.05) is 17.7 Å². The minimum Gasteiger partial charge on any atom is -0.339 e. The molecule has 1 amide bonds. The average molecular weight is 349 g/mol. The molecule has 0 spiro atoms. The first-order valence-corrected chi connectivity index (χ1v) is 9.61. The number of rotatable bonds is 7. The van der Waals surface area contributed by atoms with E-state index in [2.05, 4.69) is 10.1 Å². The third-order valence-electron chi connectivity index (χ3n) is 3.90. The van der Waals surface area contributed by atoms with Gasteiger partial charge in [0.2, 0.25) is 11.8 Å². The molecule has 0 aliphatic heterocycles. The van der Waals surface area contributed by atoms with Gasteiger partial charge in [-0.3, -0.25) is 4.79 Å². The summed E-state index contributed by atoms with van der Waals surface area (Å²) in [7, 11) is -1.84. The highest BCUT2D eigenvalue weighted by atomic mass is 32.2. The summed E-state index contributed by atoms with van der Waals surface area (Å²) in [6.07, 6.45) is 1.93. The van der Waals surface area contributed by atoms with Gasteiger partial charge in [-0.1, -0.05) is 23.4 Å². The molecule has 0 N–H and O–H groups in total. The van der Waals surface area contributed by atoms with E-state index in [9.17, 15) is 13.2 Å². The summed E-state index contributed by atoms with van der Waals surface area (Å²) in [6, 6.07) is 9.09. The Morgan fingerprint density at radius 2 is 2.00 bits per heavy atom. The van der Waals surface area contributed by atoms with E-state index in [1.807, 2.05) is 18.2 Å². The summed E-state index contributed by atoms with van der Waals surface area (Å²) < 4.78 is 29.4. The van der Waals surface area contributed by atoms with Crippen LogP contribution in [0.5, 0.6) is 0 Å². The van der Waals surface area contributed by atoms with Gasteiger partial charge in [0, 0.05) is 25.1 Å². The van der Waals surface area contributed by atoms with Gasteiger partial charge < -0.3 is 9.42 Å². The van der Waals surface area contributed by atoms with Crippen molar-refractivity contribution in [2.45, 2.75) is 30.9 Å². The molecule has 1 fully saturated rings. The number of hydrogen-bond acceptors (Lipinski definition) is 6. The molecular weight excluding hydrogens is 330 g/mol. The largest absolute Gasteiger partial charge is 0.339 e. The van der Waals surface area contributed by atoms with Crippen LogP contribution in [-0.2, 0) is 20.4 Å². The van der Waals surface area contributed by atoms with E-state index in [0.717, 1.165) is 18.5 Å². The van der Waals surface area contributed by atoms with E-state index in [4.69, 9.17) is 4.52 Å². The van der Waals surface area contributed by atoms with Gasteiger partial charge in [-0.15, -0.1) is 0 Å². The summed E-state index contributed by atoms with van der Waals surface area (Å²) in [5, 5.41) is 3.71. The Kier molecular flexibility index (Phi) is 4.66. The van der Waals surface area contributed by atoms with Crippen LogP contribution in [0.2, 0.25) is 0 Å². The molecule has 0 atom stereocenters. The Morgan fingerprint density at radius 3 is 2.67 bits per heavy atom. The second kappa shape index (κ2) is 6.72. The van der Waals surface area contributed by atoms with Crippen molar-refractivity contribution in [3.8, 4) is 0 Å². The molecule has 24 heavy (non-hydrogen) atoms. The van der Waals surface area contributed by atoms with Crippen molar-refractivity contribution in [3.05, 3.63) is 42.0 Å². The lowest BCUT2D eigenvalue weighted by Gasteiger charge is -2.17. The summed E-state index contributed by atoms with van der Waals surface area (Å²) in [6.45, 7) is 0. The maximum atomic E-state index is 12.2.